The van der Waals surface area contributed by atoms with E-state index in [4.69, 9.17) is 14.2 Å². The van der Waals surface area contributed by atoms with Crippen LogP contribution in [-0.4, -0.2) is 46.8 Å². The van der Waals surface area contributed by atoms with Crippen molar-refractivity contribution in [2.45, 2.75) is 63.7 Å². The second kappa shape index (κ2) is 8.76. The van der Waals surface area contributed by atoms with E-state index in [1.54, 1.807) is 12.0 Å². The number of carbonyl (C=O) groups is 2. The van der Waals surface area contributed by atoms with Crippen LogP contribution in [-0.2, 0) is 17.9 Å². The van der Waals surface area contributed by atoms with Crippen molar-refractivity contribution in [3.8, 4) is 17.2 Å². The van der Waals surface area contributed by atoms with Crippen molar-refractivity contribution in [1.82, 2.24) is 14.8 Å². The Bertz CT molecular complexity index is 1340. The highest BCUT2D eigenvalue weighted by molar-refractivity contribution is 6.03. The molecule has 8 heteroatoms. The number of hydrogen-bond acceptors (Lipinski definition) is 5. The summed E-state index contributed by atoms with van der Waals surface area (Å²) in [4.78, 5) is 29.7. The van der Waals surface area contributed by atoms with E-state index >= 15 is 0 Å². The lowest BCUT2D eigenvalue weighted by Crippen LogP contribution is -2.64. The smallest absolute Gasteiger partial charge is 0.271 e. The van der Waals surface area contributed by atoms with Crippen molar-refractivity contribution in [3.05, 3.63) is 53.7 Å². The summed E-state index contributed by atoms with van der Waals surface area (Å²) in [6.45, 7) is 2.71. The van der Waals surface area contributed by atoms with Crippen molar-refractivity contribution in [3.63, 3.8) is 0 Å². The summed E-state index contributed by atoms with van der Waals surface area (Å²) in [7, 11) is 1.63. The van der Waals surface area contributed by atoms with E-state index in [1.807, 2.05) is 54.0 Å². The molecule has 3 heterocycles. The SMILES string of the molecule is COc1ccc2cc3n(c2c1)C[C@](C)(C(=O)NC1CCCCC1)N(Cc1ccc2c(c1)OCO2)C3=O. The van der Waals surface area contributed by atoms with Gasteiger partial charge in [0.25, 0.3) is 5.91 Å². The fourth-order valence-electron chi connectivity index (χ4n) is 5.71. The molecule has 2 aromatic carbocycles. The number of fused-ring (bicyclic) bond motifs is 4. The molecule has 0 spiro atoms. The van der Waals surface area contributed by atoms with E-state index in [0.717, 1.165) is 42.1 Å². The molecule has 8 nitrogen and oxygen atoms in total. The molecular weight excluding hydrogens is 458 g/mol. The van der Waals surface area contributed by atoms with Gasteiger partial charge in [0.1, 0.15) is 17.0 Å². The maximum absolute atomic E-state index is 14.0. The van der Waals surface area contributed by atoms with Crippen LogP contribution in [0.15, 0.2) is 42.5 Å². The standard InChI is InChI=1S/C28H31N3O5/c1-28(27(33)29-20-6-4-3-5-7-20)16-30-22-14-21(34-2)10-9-19(22)13-23(30)26(32)31(28)15-18-8-11-24-25(12-18)36-17-35-24/h8-14,20H,3-7,15-17H2,1-2H3,(H,29,33)/t28-/m1/s1. The van der Waals surface area contributed by atoms with Gasteiger partial charge in [0.15, 0.2) is 11.5 Å². The molecule has 0 unspecified atom stereocenters. The molecule has 188 valence electrons. The minimum atomic E-state index is -1.08. The number of nitrogens with zero attached hydrogens (tertiary/aromatic N) is 2. The summed E-state index contributed by atoms with van der Waals surface area (Å²) in [5, 5.41) is 4.23. The third-order valence-electron chi connectivity index (χ3n) is 7.84. The molecule has 3 aromatic rings. The number of hydrogen-bond donors (Lipinski definition) is 1. The Labute approximate surface area is 210 Å². The topological polar surface area (TPSA) is 82.0 Å². The van der Waals surface area contributed by atoms with Gasteiger partial charge in [-0.2, -0.15) is 0 Å². The van der Waals surface area contributed by atoms with Gasteiger partial charge in [0.2, 0.25) is 12.7 Å². The number of ether oxygens (including phenoxy) is 3. The fourth-order valence-corrected chi connectivity index (χ4v) is 5.71. The van der Waals surface area contributed by atoms with E-state index in [1.165, 1.54) is 6.42 Å². The third-order valence-corrected chi connectivity index (χ3v) is 7.84. The van der Waals surface area contributed by atoms with Gasteiger partial charge in [-0.25, -0.2) is 0 Å². The highest BCUT2D eigenvalue weighted by Gasteiger charge is 2.48. The summed E-state index contributed by atoms with van der Waals surface area (Å²) in [5.74, 6) is 1.78. The summed E-state index contributed by atoms with van der Waals surface area (Å²) in [5.41, 5.74) is 1.27. The summed E-state index contributed by atoms with van der Waals surface area (Å²) >= 11 is 0. The molecule has 0 radical (unpaired) electrons. The van der Waals surface area contributed by atoms with Crippen LogP contribution >= 0.6 is 0 Å². The van der Waals surface area contributed by atoms with Crippen LogP contribution in [0.1, 0.15) is 55.1 Å². The second-order valence-corrected chi connectivity index (χ2v) is 10.2. The molecule has 1 atom stereocenters. The quantitative estimate of drug-likeness (QED) is 0.580. The average Bonchev–Trinajstić information content (AvgIpc) is 3.51. The third kappa shape index (κ3) is 3.75. The van der Waals surface area contributed by atoms with E-state index in [0.29, 0.717) is 29.5 Å². The molecule has 3 aliphatic rings. The molecule has 1 N–H and O–H groups in total. The lowest BCUT2D eigenvalue weighted by Gasteiger charge is -2.45. The molecule has 1 aliphatic carbocycles. The fraction of sp³-hybridized carbons (Fsp3) is 0.429. The number of benzene rings is 2. The van der Waals surface area contributed by atoms with Gasteiger partial charge in [-0.1, -0.05) is 25.3 Å². The summed E-state index contributed by atoms with van der Waals surface area (Å²) in [6.07, 6.45) is 5.40. The van der Waals surface area contributed by atoms with Gasteiger partial charge in [-0.3, -0.25) is 9.59 Å². The van der Waals surface area contributed by atoms with Crippen LogP contribution in [0.4, 0.5) is 0 Å². The first kappa shape index (κ1) is 22.8. The van der Waals surface area contributed by atoms with Gasteiger partial charge in [0, 0.05) is 24.0 Å². The normalized spacial score (nSPS) is 21.5. The van der Waals surface area contributed by atoms with Crippen LogP contribution < -0.4 is 19.5 Å². The maximum Gasteiger partial charge on any atom is 0.271 e. The average molecular weight is 490 g/mol. The Morgan fingerprint density at radius 2 is 1.89 bits per heavy atom. The van der Waals surface area contributed by atoms with Gasteiger partial charge >= 0.3 is 0 Å². The molecule has 1 saturated carbocycles. The molecule has 1 fully saturated rings. The first-order valence-corrected chi connectivity index (χ1v) is 12.6. The van der Waals surface area contributed by atoms with E-state index in [9.17, 15) is 9.59 Å². The highest BCUT2D eigenvalue weighted by Crippen LogP contribution is 2.37. The molecule has 1 aromatic heterocycles. The number of methoxy groups -OCH3 is 1. The summed E-state index contributed by atoms with van der Waals surface area (Å²) in [6, 6.07) is 13.5. The van der Waals surface area contributed by atoms with Crippen LogP contribution in [0.5, 0.6) is 17.2 Å². The largest absolute Gasteiger partial charge is 0.497 e. The minimum Gasteiger partial charge on any atom is -0.497 e. The maximum atomic E-state index is 14.0. The van der Waals surface area contributed by atoms with Crippen molar-refractivity contribution >= 4 is 22.7 Å². The van der Waals surface area contributed by atoms with Gasteiger partial charge in [-0.05, 0) is 55.7 Å². The predicted molar refractivity (Wildman–Crippen MR) is 134 cm³/mol. The number of nitrogens with one attached hydrogen (secondary N) is 1. The number of amides is 2. The number of aromatic nitrogens is 1. The second-order valence-electron chi connectivity index (χ2n) is 10.2. The molecule has 0 saturated heterocycles. The molecule has 2 amide bonds. The zero-order chi connectivity index (χ0) is 24.9. The zero-order valence-electron chi connectivity index (χ0n) is 20.7. The Morgan fingerprint density at radius 3 is 2.69 bits per heavy atom. The molecule has 0 bridgehead atoms. The first-order chi connectivity index (χ1) is 17.5. The van der Waals surface area contributed by atoms with Crippen molar-refractivity contribution < 1.29 is 23.8 Å². The van der Waals surface area contributed by atoms with Crippen molar-refractivity contribution in [1.29, 1.82) is 0 Å². The number of rotatable bonds is 5. The van der Waals surface area contributed by atoms with Crippen LogP contribution in [0, 0.1) is 0 Å². The van der Waals surface area contributed by atoms with E-state index in [-0.39, 0.29) is 31.2 Å². The first-order valence-electron chi connectivity index (χ1n) is 12.6. The van der Waals surface area contributed by atoms with Crippen LogP contribution in [0.2, 0.25) is 0 Å². The van der Waals surface area contributed by atoms with Crippen LogP contribution in [0.25, 0.3) is 10.9 Å². The Morgan fingerprint density at radius 1 is 1.08 bits per heavy atom. The Kier molecular flexibility index (Phi) is 5.54. The molecule has 2 aliphatic heterocycles. The molecule has 36 heavy (non-hydrogen) atoms. The molecular formula is C28H31N3O5. The lowest BCUT2D eigenvalue weighted by atomic mass is 9.91. The molecule has 6 rings (SSSR count). The predicted octanol–water partition coefficient (Wildman–Crippen LogP) is 4.24. The zero-order valence-corrected chi connectivity index (χ0v) is 20.7. The minimum absolute atomic E-state index is 0.112. The summed E-state index contributed by atoms with van der Waals surface area (Å²) < 4.78 is 18.4. The van der Waals surface area contributed by atoms with Crippen molar-refractivity contribution in [2.75, 3.05) is 13.9 Å². The number of carbonyl (C=O) groups excluding carboxylic acids is 2. The van der Waals surface area contributed by atoms with Crippen molar-refractivity contribution in [2.24, 2.45) is 0 Å². The van der Waals surface area contributed by atoms with Gasteiger partial charge < -0.3 is 29.0 Å². The van der Waals surface area contributed by atoms with Crippen LogP contribution in [0.3, 0.4) is 0 Å². The monoisotopic (exact) mass is 489 g/mol. The van der Waals surface area contributed by atoms with E-state index < -0.39 is 5.54 Å². The lowest BCUT2D eigenvalue weighted by molar-refractivity contribution is -0.134. The highest BCUT2D eigenvalue weighted by atomic mass is 16.7. The Balaban J connectivity index is 1.40. The Hall–Kier alpha value is -3.68. The van der Waals surface area contributed by atoms with Gasteiger partial charge in [0.05, 0.1) is 19.2 Å². The van der Waals surface area contributed by atoms with E-state index in [2.05, 4.69) is 5.32 Å². The van der Waals surface area contributed by atoms with Gasteiger partial charge in [-0.15, -0.1) is 0 Å².